The summed E-state index contributed by atoms with van der Waals surface area (Å²) in [6.07, 6.45) is -7.75. The van der Waals surface area contributed by atoms with Crippen LogP contribution in [-0.4, -0.2) is 52.2 Å². The van der Waals surface area contributed by atoms with Gasteiger partial charge >= 0.3 is 24.5 Å². The summed E-state index contributed by atoms with van der Waals surface area (Å²) in [7, 11) is 0. The summed E-state index contributed by atoms with van der Waals surface area (Å²) in [6.45, 7) is 11.1. The second kappa shape index (κ2) is 33.0. The number of carboxylic acids is 1. The quantitative estimate of drug-likeness (QED) is 0.0360. The van der Waals surface area contributed by atoms with E-state index in [-0.39, 0.29) is 59.8 Å². The zero-order valence-corrected chi connectivity index (χ0v) is 54.9. The normalized spacial score (nSPS) is 16.1. The number of halogens is 10. The van der Waals surface area contributed by atoms with Crippen LogP contribution in [0, 0.1) is 40.4 Å². The van der Waals surface area contributed by atoms with Crippen LogP contribution in [0.3, 0.4) is 0 Å². The Kier molecular flexibility index (Phi) is 26.4. The van der Waals surface area contributed by atoms with Crippen LogP contribution in [-0.2, 0) is 77.5 Å². The number of nitriles is 2. The molecule has 0 saturated heterocycles. The number of aromatic carboxylic acids is 1. The molecular weight excluding hydrogens is 1310 g/mol. The van der Waals surface area contributed by atoms with Gasteiger partial charge in [0.05, 0.1) is 75.3 Å². The Morgan fingerprint density at radius 1 is 0.463 bits per heavy atom. The van der Waals surface area contributed by atoms with Gasteiger partial charge < -0.3 is 35.6 Å². The summed E-state index contributed by atoms with van der Waals surface area (Å²) >= 11 is 3.15. The number of ether oxygens (including phenoxy) is 2. The topological polar surface area (TPSA) is 211 Å². The predicted molar refractivity (Wildman–Crippen MR) is 341 cm³/mol. The Labute approximate surface area is 555 Å². The number of nitrogens with zero attached hydrogens (tertiary/aromatic N) is 2. The average molecular weight is 1390 g/mol. The number of benzene rings is 6. The van der Waals surface area contributed by atoms with Crippen molar-refractivity contribution < 1.29 is 78.4 Å². The molecule has 3 atom stereocenters. The Hall–Kier alpha value is -8.09. The lowest BCUT2D eigenvalue weighted by Crippen LogP contribution is -2.54. The molecule has 3 saturated carbocycles. The number of aliphatic hydroxyl groups excluding tert-OH is 1. The lowest BCUT2D eigenvalue weighted by atomic mass is 9.71. The summed E-state index contributed by atoms with van der Waals surface area (Å²) in [5.74, 6) is -2.25. The van der Waals surface area contributed by atoms with Gasteiger partial charge in [0.15, 0.2) is 0 Å². The summed E-state index contributed by atoms with van der Waals surface area (Å²) in [5, 5.41) is 46.6. The number of rotatable bonds is 20. The lowest BCUT2D eigenvalue weighted by molar-refractivity contribution is -0.141. The van der Waals surface area contributed by atoms with Crippen LogP contribution in [0.25, 0.3) is 0 Å². The minimum atomic E-state index is -4.40. The average Bonchev–Trinajstić information content (AvgIpc) is 0.786. The molecule has 23 heteroatoms. The van der Waals surface area contributed by atoms with Gasteiger partial charge in [-0.2, -0.15) is 50.0 Å². The summed E-state index contributed by atoms with van der Waals surface area (Å²) in [6, 6.07) is 39.7. The van der Waals surface area contributed by atoms with Crippen LogP contribution in [0.2, 0.25) is 0 Å². The molecule has 508 valence electrons. The highest BCUT2D eigenvalue weighted by Gasteiger charge is 2.45. The van der Waals surface area contributed by atoms with Crippen LogP contribution in [0.1, 0.15) is 171 Å². The molecule has 0 radical (unpaired) electrons. The molecule has 0 aliphatic heterocycles. The van der Waals surface area contributed by atoms with Gasteiger partial charge in [-0.15, -0.1) is 0 Å². The molecule has 3 aliphatic carbocycles. The van der Waals surface area contributed by atoms with E-state index in [0.717, 1.165) is 116 Å². The van der Waals surface area contributed by atoms with E-state index >= 15 is 0 Å². The number of aliphatic hydroxyl groups is 1. The number of carbonyl (C=O) groups excluding carboxylic acids is 3. The van der Waals surface area contributed by atoms with Crippen LogP contribution in [0.15, 0.2) is 146 Å². The van der Waals surface area contributed by atoms with Crippen LogP contribution >= 0.6 is 15.9 Å². The van der Waals surface area contributed by atoms with Crippen molar-refractivity contribution in [3.63, 3.8) is 0 Å². The maximum Gasteiger partial charge on any atom is 0.416 e. The van der Waals surface area contributed by atoms with Crippen molar-refractivity contribution in [2.45, 2.75) is 171 Å². The van der Waals surface area contributed by atoms with Gasteiger partial charge in [0.2, 0.25) is 17.7 Å². The molecule has 3 amide bonds. The van der Waals surface area contributed by atoms with Crippen molar-refractivity contribution in [2.24, 2.45) is 17.8 Å². The highest BCUT2D eigenvalue weighted by molar-refractivity contribution is 9.08. The second-order valence-electron chi connectivity index (χ2n) is 24.9. The summed E-state index contributed by atoms with van der Waals surface area (Å²) in [5.41, 5.74) is 2.61. The number of hydrogen-bond donors (Lipinski definition) is 5. The molecular formula is C72H77BrF9N5O8. The third kappa shape index (κ3) is 20.7. The molecule has 0 spiro atoms. The van der Waals surface area contributed by atoms with Crippen molar-refractivity contribution in [2.75, 3.05) is 0 Å². The molecule has 95 heavy (non-hydrogen) atoms. The van der Waals surface area contributed by atoms with E-state index < -0.39 is 70.6 Å². The Morgan fingerprint density at radius 2 is 0.747 bits per heavy atom. The van der Waals surface area contributed by atoms with Gasteiger partial charge in [0.25, 0.3) is 0 Å². The molecule has 5 N–H and O–H groups in total. The number of alkyl halides is 10. The Balaban J connectivity index is 0.000000211. The molecule has 13 nitrogen and oxygen atoms in total. The van der Waals surface area contributed by atoms with Crippen LogP contribution < -0.4 is 16.0 Å². The lowest BCUT2D eigenvalue weighted by Gasteiger charge is -2.44. The number of carbonyl (C=O) groups is 4. The molecule has 3 aliphatic rings. The van der Waals surface area contributed by atoms with E-state index in [2.05, 4.69) is 44.0 Å². The van der Waals surface area contributed by atoms with Gasteiger partial charge in [-0.3, -0.25) is 14.4 Å². The molecule has 6 aromatic rings. The SMILES string of the molecule is CC(C)[C@@H](O)C(=O)NC1(c2ccc(C#N)cc2)CCC1.CC(C)[C@@H](OCc1ccc(C(F)(F)F)cc1)C(=O)NC1(c2ccc(C#N)cc2)CCC1.CC(C)[C@@H](OCc1ccc(C(F)(F)F)cc1)C(=O)NC1(c2ccc(C(=O)O)cc2)CCC1.FC(F)(F)c1ccc(CBr)cc1. The zero-order valence-electron chi connectivity index (χ0n) is 53.3. The van der Waals surface area contributed by atoms with Gasteiger partial charge in [0, 0.05) is 5.33 Å². The molecule has 0 bridgehead atoms. The number of amides is 3. The van der Waals surface area contributed by atoms with Gasteiger partial charge in [-0.05, 0) is 182 Å². The fraction of sp³-hybridized carbons (Fsp3) is 0.417. The van der Waals surface area contributed by atoms with E-state index in [1.807, 2.05) is 65.8 Å². The third-order valence-corrected chi connectivity index (χ3v) is 17.7. The minimum absolute atomic E-state index is 0.00864. The molecule has 6 aromatic carbocycles. The Bertz CT molecular complexity index is 3580. The summed E-state index contributed by atoms with van der Waals surface area (Å²) < 4.78 is 124. The molecule has 0 unspecified atom stereocenters. The van der Waals surface area contributed by atoms with E-state index in [9.17, 15) is 63.8 Å². The minimum Gasteiger partial charge on any atom is -0.478 e. The largest absolute Gasteiger partial charge is 0.478 e. The second-order valence-corrected chi connectivity index (χ2v) is 25.5. The maximum atomic E-state index is 13.1. The van der Waals surface area contributed by atoms with Gasteiger partial charge in [0.1, 0.15) is 18.3 Å². The smallest absolute Gasteiger partial charge is 0.416 e. The fourth-order valence-electron chi connectivity index (χ4n) is 10.8. The molecule has 0 aromatic heterocycles. The molecule has 9 rings (SSSR count). The van der Waals surface area contributed by atoms with E-state index in [4.69, 9.17) is 25.1 Å². The van der Waals surface area contributed by atoms with Gasteiger partial charge in [-0.25, -0.2) is 4.79 Å². The first-order valence-electron chi connectivity index (χ1n) is 31.0. The van der Waals surface area contributed by atoms with Crippen LogP contribution in [0.5, 0.6) is 0 Å². The summed E-state index contributed by atoms with van der Waals surface area (Å²) in [4.78, 5) is 49.3. The molecule has 3 fully saturated rings. The molecule has 0 heterocycles. The van der Waals surface area contributed by atoms with Crippen molar-refractivity contribution in [3.05, 3.63) is 212 Å². The number of carboxylic acid groups (broad SMARTS) is 1. The van der Waals surface area contributed by atoms with Crippen molar-refractivity contribution in [1.82, 2.24) is 16.0 Å². The zero-order chi connectivity index (χ0) is 70.1. The van der Waals surface area contributed by atoms with Gasteiger partial charge in [-0.1, -0.05) is 130 Å². The highest BCUT2D eigenvalue weighted by Crippen LogP contribution is 2.44. The Morgan fingerprint density at radius 3 is 0.979 bits per heavy atom. The van der Waals surface area contributed by atoms with Crippen molar-refractivity contribution in [1.29, 1.82) is 10.5 Å². The monoisotopic (exact) mass is 1390 g/mol. The van der Waals surface area contributed by atoms with E-state index in [1.54, 1.807) is 36.4 Å². The van der Waals surface area contributed by atoms with E-state index in [1.165, 1.54) is 48.5 Å². The fourth-order valence-corrected chi connectivity index (χ4v) is 11.2. The van der Waals surface area contributed by atoms with Crippen molar-refractivity contribution in [3.8, 4) is 12.1 Å². The number of hydrogen-bond acceptors (Lipinski definition) is 9. The van der Waals surface area contributed by atoms with E-state index in [0.29, 0.717) is 27.6 Å². The first kappa shape index (κ1) is 75.9. The standard InChI is InChI=1S/C24H25F3N2O2.C24H26F3NO4.C16H20N2O2.C8H6BrF3/c1-16(2)21(31-15-18-6-10-20(11-7-18)24(25,26)27)22(30)29-23(12-3-13-23)19-8-4-17(14-28)5-9-19;1-15(2)20(32-14-16-4-8-19(9-5-16)24(25,26)27)21(29)28-23(12-3-13-23)18-10-6-17(7-11-18)22(30)31;1-11(2)14(19)15(20)18-16(8-3-9-16)13-6-4-12(10-17)5-7-13;9-5-6-1-3-7(4-2-6)8(10,11)12/h4-11,16,21H,3,12-13,15H2,1-2H3,(H,29,30);4-11,15,20H,3,12-14H2,1-2H3,(H,28,29)(H,30,31);4-7,11,14,19H,3,8-9H2,1-2H3,(H,18,20);1-4H,5H2/t21-;20-;14-;/m111./s1. The highest BCUT2D eigenvalue weighted by atomic mass is 79.9. The first-order chi connectivity index (χ1) is 44.7. The third-order valence-electron chi connectivity index (χ3n) is 17.0. The number of nitrogens with one attached hydrogen (secondary N) is 3. The first-order valence-corrected chi connectivity index (χ1v) is 32.1. The van der Waals surface area contributed by atoms with Crippen molar-refractivity contribution >= 4 is 39.6 Å². The maximum absolute atomic E-state index is 13.1. The van der Waals surface area contributed by atoms with Crippen LogP contribution in [0.4, 0.5) is 39.5 Å². The predicted octanol–water partition coefficient (Wildman–Crippen LogP) is 16.1.